The second-order valence-electron chi connectivity index (χ2n) is 5.31. The van der Waals surface area contributed by atoms with Crippen LogP contribution in [0.1, 0.15) is 42.8 Å². The number of fused-ring (bicyclic) bond motifs is 1. The van der Waals surface area contributed by atoms with Gasteiger partial charge in [-0.25, -0.2) is 4.99 Å². The van der Waals surface area contributed by atoms with Crippen molar-refractivity contribution in [2.75, 3.05) is 7.05 Å². The molecule has 118 valence electrons. The molecular weight excluding hydrogens is 332 g/mol. The summed E-state index contributed by atoms with van der Waals surface area (Å²) in [7, 11) is 1.56. The third kappa shape index (κ3) is 3.35. The van der Waals surface area contributed by atoms with E-state index in [2.05, 4.69) is 10.3 Å². The van der Waals surface area contributed by atoms with Crippen molar-refractivity contribution in [2.45, 2.75) is 18.8 Å². The molecule has 0 saturated carbocycles. The highest BCUT2D eigenvalue weighted by Crippen LogP contribution is 2.33. The first kappa shape index (κ1) is 15.9. The van der Waals surface area contributed by atoms with Crippen molar-refractivity contribution in [1.29, 1.82) is 0 Å². The molecule has 6 heteroatoms. The Bertz CT molecular complexity index is 798. The smallest absolute Gasteiger partial charge is 0.286 e. The van der Waals surface area contributed by atoms with E-state index in [0.29, 0.717) is 9.75 Å². The summed E-state index contributed by atoms with van der Waals surface area (Å²) in [6, 6.07) is 9.11. The number of nitrogens with zero attached hydrogens (tertiary/aromatic N) is 1. The SMILES string of the molecule is CNC(=O)c1ccc(C(=O)N=CC2CCc3cc(Cl)ccc32)s1. The zero-order valence-corrected chi connectivity index (χ0v) is 14.1. The van der Waals surface area contributed by atoms with Gasteiger partial charge < -0.3 is 5.32 Å². The first-order chi connectivity index (χ1) is 11.1. The van der Waals surface area contributed by atoms with Crippen LogP contribution < -0.4 is 5.32 Å². The molecule has 1 aliphatic rings. The molecule has 1 heterocycles. The number of aryl methyl sites for hydroxylation is 1. The van der Waals surface area contributed by atoms with Gasteiger partial charge in [-0.3, -0.25) is 9.59 Å². The van der Waals surface area contributed by atoms with Crippen molar-refractivity contribution in [3.05, 3.63) is 56.2 Å². The average Bonchev–Trinajstić information content (AvgIpc) is 3.18. The standard InChI is InChI=1S/C17H15ClN2O2S/c1-19-16(21)14-6-7-15(23-14)17(22)20-9-11-3-2-10-8-12(18)4-5-13(10)11/h4-9,11H,2-3H2,1H3,(H,19,21). The predicted octanol–water partition coefficient (Wildman–Crippen LogP) is 3.70. The lowest BCUT2D eigenvalue weighted by Gasteiger charge is -2.04. The highest BCUT2D eigenvalue weighted by atomic mass is 35.5. The van der Waals surface area contributed by atoms with E-state index in [0.717, 1.165) is 29.2 Å². The van der Waals surface area contributed by atoms with Crippen LogP contribution in [0.5, 0.6) is 0 Å². The summed E-state index contributed by atoms with van der Waals surface area (Å²) in [5.74, 6) is -0.364. The number of halogens is 1. The lowest BCUT2D eigenvalue weighted by Crippen LogP contribution is -2.15. The van der Waals surface area contributed by atoms with E-state index in [4.69, 9.17) is 11.6 Å². The van der Waals surface area contributed by atoms with Crippen LogP contribution in [0.25, 0.3) is 0 Å². The van der Waals surface area contributed by atoms with Crippen molar-refractivity contribution in [3.8, 4) is 0 Å². The maximum atomic E-state index is 12.2. The molecule has 1 aromatic carbocycles. The fourth-order valence-electron chi connectivity index (χ4n) is 2.69. The van der Waals surface area contributed by atoms with Gasteiger partial charge in [-0.15, -0.1) is 11.3 Å². The fraction of sp³-hybridized carbons (Fsp3) is 0.235. The van der Waals surface area contributed by atoms with Gasteiger partial charge >= 0.3 is 0 Å². The number of aliphatic imine (C=N–C) groups is 1. The number of thiophene rings is 1. The molecule has 0 saturated heterocycles. The van der Waals surface area contributed by atoms with Crippen LogP contribution in [0.2, 0.25) is 5.02 Å². The largest absolute Gasteiger partial charge is 0.354 e. The zero-order chi connectivity index (χ0) is 16.4. The van der Waals surface area contributed by atoms with Crippen molar-refractivity contribution in [3.63, 3.8) is 0 Å². The summed E-state index contributed by atoms with van der Waals surface area (Å²) in [5, 5.41) is 3.27. The van der Waals surface area contributed by atoms with Crippen LogP contribution in [0, 0.1) is 0 Å². The molecule has 0 radical (unpaired) electrons. The number of benzene rings is 1. The number of nitrogens with one attached hydrogen (secondary N) is 1. The minimum Gasteiger partial charge on any atom is -0.354 e. The minimum absolute atomic E-state index is 0.143. The molecule has 1 aliphatic carbocycles. The Morgan fingerprint density at radius 2 is 2.09 bits per heavy atom. The van der Waals surface area contributed by atoms with Gasteiger partial charge in [0.25, 0.3) is 11.8 Å². The van der Waals surface area contributed by atoms with Gasteiger partial charge in [0.2, 0.25) is 0 Å². The van der Waals surface area contributed by atoms with Gasteiger partial charge in [0.05, 0.1) is 9.75 Å². The summed E-state index contributed by atoms with van der Waals surface area (Å²) >= 11 is 7.15. The topological polar surface area (TPSA) is 58.5 Å². The highest BCUT2D eigenvalue weighted by molar-refractivity contribution is 7.16. The maximum absolute atomic E-state index is 12.2. The van der Waals surface area contributed by atoms with E-state index >= 15 is 0 Å². The quantitative estimate of drug-likeness (QED) is 0.861. The Labute approximate surface area is 143 Å². The molecule has 4 nitrogen and oxygen atoms in total. The van der Waals surface area contributed by atoms with Crippen LogP contribution >= 0.6 is 22.9 Å². The molecule has 0 aliphatic heterocycles. The van der Waals surface area contributed by atoms with Crippen molar-refractivity contribution in [1.82, 2.24) is 5.32 Å². The molecular formula is C17H15ClN2O2S. The molecule has 23 heavy (non-hydrogen) atoms. The van der Waals surface area contributed by atoms with Gasteiger partial charge in [0.1, 0.15) is 0 Å². The third-order valence-corrected chi connectivity index (χ3v) is 5.18. The average molecular weight is 347 g/mol. The summed E-state index contributed by atoms with van der Waals surface area (Å²) in [4.78, 5) is 28.7. The minimum atomic E-state index is -0.312. The van der Waals surface area contributed by atoms with Gasteiger partial charge in [0.15, 0.2) is 0 Å². The summed E-state index contributed by atoms with van der Waals surface area (Å²) < 4.78 is 0. The maximum Gasteiger partial charge on any atom is 0.286 e. The monoisotopic (exact) mass is 346 g/mol. The number of hydrogen-bond donors (Lipinski definition) is 1. The number of rotatable bonds is 3. The molecule has 0 bridgehead atoms. The number of amides is 2. The molecule has 1 unspecified atom stereocenters. The summed E-state index contributed by atoms with van der Waals surface area (Å²) in [6.45, 7) is 0. The molecule has 0 fully saturated rings. The van der Waals surface area contributed by atoms with E-state index in [9.17, 15) is 9.59 Å². The second kappa shape index (κ2) is 6.64. The highest BCUT2D eigenvalue weighted by Gasteiger charge is 2.21. The van der Waals surface area contributed by atoms with Crippen LogP contribution in [0.4, 0.5) is 0 Å². The van der Waals surface area contributed by atoms with Crippen LogP contribution in [0.3, 0.4) is 0 Å². The predicted molar refractivity (Wildman–Crippen MR) is 93.0 cm³/mol. The molecule has 2 amide bonds. The van der Waals surface area contributed by atoms with Gasteiger partial charge in [-0.05, 0) is 48.2 Å². The summed E-state index contributed by atoms with van der Waals surface area (Å²) in [5.41, 5.74) is 2.41. The zero-order valence-electron chi connectivity index (χ0n) is 12.5. The second-order valence-corrected chi connectivity index (χ2v) is 6.83. The Balaban J connectivity index is 1.73. The Kier molecular flexibility index (Phi) is 4.59. The Morgan fingerprint density at radius 1 is 1.30 bits per heavy atom. The van der Waals surface area contributed by atoms with Crippen LogP contribution in [-0.2, 0) is 6.42 Å². The lowest BCUT2D eigenvalue weighted by molar-refractivity contribution is 0.0966. The number of carbonyl (C=O) groups is 2. The van der Waals surface area contributed by atoms with Crippen LogP contribution in [-0.4, -0.2) is 25.1 Å². The van der Waals surface area contributed by atoms with Crippen molar-refractivity contribution >= 4 is 41.0 Å². The number of carbonyl (C=O) groups excluding carboxylic acids is 2. The van der Waals surface area contributed by atoms with E-state index in [1.165, 1.54) is 11.1 Å². The lowest BCUT2D eigenvalue weighted by atomic mass is 10.0. The van der Waals surface area contributed by atoms with Gasteiger partial charge in [-0.2, -0.15) is 0 Å². The number of hydrogen-bond acceptors (Lipinski definition) is 3. The normalized spacial score (nSPS) is 16.5. The summed E-state index contributed by atoms with van der Waals surface area (Å²) in [6.07, 6.45) is 3.59. The molecule has 0 spiro atoms. The van der Waals surface area contributed by atoms with Crippen molar-refractivity contribution in [2.24, 2.45) is 4.99 Å². The van der Waals surface area contributed by atoms with E-state index in [1.54, 1.807) is 25.4 Å². The third-order valence-electron chi connectivity index (χ3n) is 3.87. The molecule has 1 atom stereocenters. The molecule has 3 rings (SSSR count). The van der Waals surface area contributed by atoms with Crippen molar-refractivity contribution < 1.29 is 9.59 Å². The molecule has 2 aromatic rings. The van der Waals surface area contributed by atoms with Crippen LogP contribution in [0.15, 0.2) is 35.3 Å². The van der Waals surface area contributed by atoms with E-state index in [1.807, 2.05) is 18.2 Å². The van der Waals surface area contributed by atoms with E-state index in [-0.39, 0.29) is 17.7 Å². The van der Waals surface area contributed by atoms with E-state index < -0.39 is 0 Å². The first-order valence-corrected chi connectivity index (χ1v) is 8.46. The molecule has 1 aromatic heterocycles. The van der Waals surface area contributed by atoms with Gasteiger partial charge in [-0.1, -0.05) is 17.7 Å². The Hall–Kier alpha value is -1.98. The van der Waals surface area contributed by atoms with Gasteiger partial charge in [0, 0.05) is 24.2 Å². The first-order valence-electron chi connectivity index (χ1n) is 7.27. The molecule has 1 N–H and O–H groups in total. The fourth-order valence-corrected chi connectivity index (χ4v) is 3.73. The Morgan fingerprint density at radius 3 is 2.87 bits per heavy atom.